The molecule has 4 nitrogen and oxygen atoms in total. The van der Waals surface area contributed by atoms with Crippen LogP contribution in [0.15, 0.2) is 18.2 Å². The lowest BCUT2D eigenvalue weighted by atomic mass is 9.96. The van der Waals surface area contributed by atoms with Gasteiger partial charge in [-0.05, 0) is 43.4 Å². The van der Waals surface area contributed by atoms with E-state index in [0.29, 0.717) is 5.92 Å². The number of anilines is 2. The van der Waals surface area contributed by atoms with E-state index in [2.05, 4.69) is 29.3 Å². The van der Waals surface area contributed by atoms with Crippen molar-refractivity contribution in [2.45, 2.75) is 26.7 Å². The van der Waals surface area contributed by atoms with E-state index in [-0.39, 0.29) is 5.91 Å². The van der Waals surface area contributed by atoms with Crippen LogP contribution >= 0.6 is 0 Å². The highest BCUT2D eigenvalue weighted by Gasteiger charge is 2.20. The van der Waals surface area contributed by atoms with Gasteiger partial charge in [0.15, 0.2) is 0 Å². The van der Waals surface area contributed by atoms with Crippen LogP contribution in [0.3, 0.4) is 0 Å². The molecule has 1 aliphatic heterocycles. The van der Waals surface area contributed by atoms with Crippen molar-refractivity contribution in [1.29, 1.82) is 0 Å². The predicted octanol–water partition coefficient (Wildman–Crippen LogP) is 1.93. The van der Waals surface area contributed by atoms with E-state index in [4.69, 9.17) is 5.73 Å². The van der Waals surface area contributed by atoms with Crippen molar-refractivity contribution < 1.29 is 4.79 Å². The summed E-state index contributed by atoms with van der Waals surface area (Å²) in [7, 11) is 0. The van der Waals surface area contributed by atoms with Crippen molar-refractivity contribution in [2.24, 2.45) is 5.92 Å². The Labute approximate surface area is 115 Å². The number of benzene rings is 1. The van der Waals surface area contributed by atoms with Gasteiger partial charge in [0.05, 0.1) is 11.4 Å². The van der Waals surface area contributed by atoms with Crippen molar-refractivity contribution in [1.82, 2.24) is 5.32 Å². The molecule has 0 bridgehead atoms. The van der Waals surface area contributed by atoms with E-state index in [0.717, 1.165) is 43.9 Å². The molecule has 1 amide bonds. The Bertz CT molecular complexity index is 451. The van der Waals surface area contributed by atoms with Crippen molar-refractivity contribution in [2.75, 3.05) is 30.3 Å². The number of hydrogen-bond donors (Lipinski definition) is 2. The van der Waals surface area contributed by atoms with Gasteiger partial charge in [-0.1, -0.05) is 6.07 Å². The van der Waals surface area contributed by atoms with Gasteiger partial charge < -0.3 is 16.0 Å². The Hall–Kier alpha value is -1.71. The third kappa shape index (κ3) is 3.63. The van der Waals surface area contributed by atoms with E-state index >= 15 is 0 Å². The van der Waals surface area contributed by atoms with Crippen LogP contribution in [0.4, 0.5) is 11.4 Å². The van der Waals surface area contributed by atoms with Crippen LogP contribution in [0, 0.1) is 12.8 Å². The summed E-state index contributed by atoms with van der Waals surface area (Å²) in [6.07, 6.45) is 2.21. The molecule has 1 heterocycles. The fourth-order valence-electron chi connectivity index (χ4n) is 2.63. The monoisotopic (exact) mass is 261 g/mol. The summed E-state index contributed by atoms with van der Waals surface area (Å²) in [5.74, 6) is 0.650. The average Bonchev–Trinajstić information content (AvgIpc) is 2.37. The third-order valence-corrected chi connectivity index (χ3v) is 3.78. The van der Waals surface area contributed by atoms with Crippen LogP contribution in [-0.2, 0) is 4.79 Å². The van der Waals surface area contributed by atoms with E-state index < -0.39 is 0 Å². The Kier molecular flexibility index (Phi) is 4.30. The molecule has 0 unspecified atom stereocenters. The maximum Gasteiger partial charge on any atom is 0.216 e. The van der Waals surface area contributed by atoms with Gasteiger partial charge in [-0.2, -0.15) is 0 Å². The second-order valence-electron chi connectivity index (χ2n) is 5.43. The zero-order valence-corrected chi connectivity index (χ0v) is 11.8. The first-order valence-corrected chi connectivity index (χ1v) is 6.92. The quantitative estimate of drug-likeness (QED) is 0.817. The molecule has 1 aromatic carbocycles. The molecule has 3 N–H and O–H groups in total. The number of nitrogens with one attached hydrogen (secondary N) is 1. The molecule has 1 aliphatic rings. The Balaban J connectivity index is 1.90. The molecule has 1 saturated heterocycles. The molecule has 0 spiro atoms. The summed E-state index contributed by atoms with van der Waals surface area (Å²) >= 11 is 0. The van der Waals surface area contributed by atoms with Crippen LogP contribution in [-0.4, -0.2) is 25.5 Å². The maximum atomic E-state index is 10.9. The Morgan fingerprint density at radius 2 is 2.11 bits per heavy atom. The van der Waals surface area contributed by atoms with Crippen LogP contribution in [0.5, 0.6) is 0 Å². The summed E-state index contributed by atoms with van der Waals surface area (Å²) in [6.45, 7) is 6.45. The fraction of sp³-hybridized carbons (Fsp3) is 0.533. The molecule has 1 aromatic rings. The number of rotatable bonds is 3. The molecular formula is C15H23N3O. The number of carbonyl (C=O) groups is 1. The molecule has 4 heteroatoms. The maximum absolute atomic E-state index is 10.9. The summed E-state index contributed by atoms with van der Waals surface area (Å²) in [4.78, 5) is 13.3. The Morgan fingerprint density at radius 1 is 1.42 bits per heavy atom. The third-order valence-electron chi connectivity index (χ3n) is 3.78. The molecule has 104 valence electrons. The zero-order chi connectivity index (χ0) is 13.8. The van der Waals surface area contributed by atoms with Gasteiger partial charge in [-0.3, -0.25) is 4.79 Å². The number of piperidine rings is 1. The van der Waals surface area contributed by atoms with E-state index in [1.807, 2.05) is 6.07 Å². The molecule has 0 saturated carbocycles. The number of nitrogen functional groups attached to an aromatic ring is 1. The van der Waals surface area contributed by atoms with E-state index in [1.54, 1.807) is 6.92 Å². The number of aryl methyl sites for hydroxylation is 1. The van der Waals surface area contributed by atoms with Crippen LogP contribution in [0.1, 0.15) is 25.3 Å². The molecule has 0 atom stereocenters. The standard InChI is InChI=1S/C15H23N3O/c1-11-3-4-15(14(16)9-11)18-7-5-13(6-8-18)10-17-12(2)19/h3-4,9,13H,5-8,10,16H2,1-2H3,(H,17,19). The van der Waals surface area contributed by atoms with Gasteiger partial charge in [-0.25, -0.2) is 0 Å². The van der Waals surface area contributed by atoms with Crippen LogP contribution < -0.4 is 16.0 Å². The summed E-state index contributed by atoms with van der Waals surface area (Å²) < 4.78 is 0. The number of amides is 1. The highest BCUT2D eigenvalue weighted by atomic mass is 16.1. The average molecular weight is 261 g/mol. The van der Waals surface area contributed by atoms with Crippen molar-refractivity contribution in [3.63, 3.8) is 0 Å². The number of hydrogen-bond acceptors (Lipinski definition) is 3. The smallest absolute Gasteiger partial charge is 0.216 e. The largest absolute Gasteiger partial charge is 0.397 e. The zero-order valence-electron chi connectivity index (χ0n) is 11.8. The first-order valence-electron chi connectivity index (χ1n) is 6.92. The minimum Gasteiger partial charge on any atom is -0.397 e. The molecule has 0 aliphatic carbocycles. The van der Waals surface area contributed by atoms with Crippen LogP contribution in [0.2, 0.25) is 0 Å². The second-order valence-corrected chi connectivity index (χ2v) is 5.43. The topological polar surface area (TPSA) is 58.4 Å². The van der Waals surface area contributed by atoms with E-state index in [9.17, 15) is 4.79 Å². The number of nitrogens with two attached hydrogens (primary N) is 1. The highest BCUT2D eigenvalue weighted by Crippen LogP contribution is 2.28. The molecule has 2 rings (SSSR count). The molecule has 1 fully saturated rings. The molecule has 19 heavy (non-hydrogen) atoms. The number of carbonyl (C=O) groups excluding carboxylic acids is 1. The first kappa shape index (κ1) is 13.7. The van der Waals surface area contributed by atoms with Gasteiger partial charge in [0.1, 0.15) is 0 Å². The SMILES string of the molecule is CC(=O)NCC1CCN(c2ccc(C)cc2N)CC1. The van der Waals surface area contributed by atoms with E-state index in [1.165, 1.54) is 5.56 Å². The highest BCUT2D eigenvalue weighted by molar-refractivity contribution is 5.72. The van der Waals surface area contributed by atoms with Gasteiger partial charge >= 0.3 is 0 Å². The lowest BCUT2D eigenvalue weighted by Gasteiger charge is -2.34. The summed E-state index contributed by atoms with van der Waals surface area (Å²) in [6, 6.07) is 6.24. The van der Waals surface area contributed by atoms with Crippen molar-refractivity contribution >= 4 is 17.3 Å². The van der Waals surface area contributed by atoms with Crippen molar-refractivity contribution in [3.8, 4) is 0 Å². The second kappa shape index (κ2) is 5.95. The summed E-state index contributed by atoms with van der Waals surface area (Å²) in [5, 5.41) is 2.91. The lowest BCUT2D eigenvalue weighted by molar-refractivity contribution is -0.119. The predicted molar refractivity (Wildman–Crippen MR) is 79.2 cm³/mol. The molecule has 0 radical (unpaired) electrons. The fourth-order valence-corrected chi connectivity index (χ4v) is 2.63. The first-order chi connectivity index (χ1) is 9.06. The minimum atomic E-state index is 0.0604. The number of nitrogens with zero attached hydrogens (tertiary/aromatic N) is 1. The summed E-state index contributed by atoms with van der Waals surface area (Å²) in [5.41, 5.74) is 9.29. The Morgan fingerprint density at radius 3 is 2.68 bits per heavy atom. The van der Waals surface area contributed by atoms with Gasteiger partial charge in [0.25, 0.3) is 0 Å². The minimum absolute atomic E-state index is 0.0604. The van der Waals surface area contributed by atoms with Crippen molar-refractivity contribution in [3.05, 3.63) is 23.8 Å². The molecular weight excluding hydrogens is 238 g/mol. The lowest BCUT2D eigenvalue weighted by Crippen LogP contribution is -2.38. The van der Waals surface area contributed by atoms with Gasteiger partial charge in [-0.15, -0.1) is 0 Å². The van der Waals surface area contributed by atoms with Crippen LogP contribution in [0.25, 0.3) is 0 Å². The van der Waals surface area contributed by atoms with Gasteiger partial charge in [0.2, 0.25) is 5.91 Å². The van der Waals surface area contributed by atoms with Gasteiger partial charge in [0, 0.05) is 26.6 Å². The normalized spacial score (nSPS) is 16.4. The molecule has 0 aromatic heterocycles.